The number of hydrogen-bond donors (Lipinski definition) is 2. The maximum Gasteiger partial charge on any atom is 0.334 e. The smallest absolute Gasteiger partial charge is 0.334 e. The minimum Gasteiger partial charge on any atom is -0.493 e. The van der Waals surface area contributed by atoms with E-state index in [1.54, 1.807) is 56.3 Å². The van der Waals surface area contributed by atoms with Crippen molar-refractivity contribution in [3.8, 4) is 11.5 Å². The number of aryl methyl sites for hydroxylation is 1. The lowest BCUT2D eigenvalue weighted by Crippen LogP contribution is -2.51. The molecule has 0 radical (unpaired) electrons. The van der Waals surface area contributed by atoms with Gasteiger partial charge in [-0.1, -0.05) is 37.3 Å². The number of rotatable bonds is 7. The monoisotopic (exact) mass is 357 g/mol. The van der Waals surface area contributed by atoms with E-state index in [4.69, 9.17) is 9.47 Å². The number of carboxylic acids is 1. The molecule has 0 saturated heterocycles. The van der Waals surface area contributed by atoms with Crippen molar-refractivity contribution in [2.24, 2.45) is 0 Å². The number of methoxy groups -OCH3 is 2. The number of nitrogens with one attached hydrogen (secondary N) is 1. The van der Waals surface area contributed by atoms with Crippen LogP contribution in [-0.2, 0) is 10.3 Å². The van der Waals surface area contributed by atoms with Crippen LogP contribution in [0.5, 0.6) is 11.5 Å². The average molecular weight is 357 g/mol. The summed E-state index contributed by atoms with van der Waals surface area (Å²) in [5.41, 5.74) is -0.0134. The first-order valence-electron chi connectivity index (χ1n) is 8.23. The van der Waals surface area contributed by atoms with Crippen molar-refractivity contribution < 1.29 is 24.2 Å². The maximum atomic E-state index is 12.9. The Bertz CT molecular complexity index is 803. The Balaban J connectivity index is 2.47. The largest absolute Gasteiger partial charge is 0.493 e. The summed E-state index contributed by atoms with van der Waals surface area (Å²) in [4.78, 5) is 25.0. The highest BCUT2D eigenvalue weighted by molar-refractivity contribution is 5.99. The van der Waals surface area contributed by atoms with Crippen LogP contribution in [0, 0.1) is 6.92 Å². The first-order valence-corrected chi connectivity index (χ1v) is 8.23. The molecule has 0 bridgehead atoms. The zero-order valence-electron chi connectivity index (χ0n) is 15.3. The molecule has 0 aliphatic heterocycles. The Hall–Kier alpha value is -3.02. The van der Waals surface area contributed by atoms with Gasteiger partial charge in [0.2, 0.25) is 0 Å². The zero-order chi connectivity index (χ0) is 19.3. The Labute approximate surface area is 152 Å². The number of aliphatic carboxylic acids is 1. The van der Waals surface area contributed by atoms with Crippen LogP contribution in [0.1, 0.15) is 34.8 Å². The van der Waals surface area contributed by atoms with Crippen LogP contribution in [0.2, 0.25) is 0 Å². The second-order valence-electron chi connectivity index (χ2n) is 5.91. The molecule has 0 heterocycles. The fourth-order valence-electron chi connectivity index (χ4n) is 2.90. The third-order valence-corrected chi connectivity index (χ3v) is 4.46. The van der Waals surface area contributed by atoms with E-state index < -0.39 is 17.4 Å². The third kappa shape index (κ3) is 3.49. The minimum atomic E-state index is -1.52. The first-order chi connectivity index (χ1) is 12.4. The molecule has 2 aromatic carbocycles. The Morgan fingerprint density at radius 2 is 1.65 bits per heavy atom. The van der Waals surface area contributed by atoms with Crippen LogP contribution in [0.15, 0.2) is 42.5 Å². The molecule has 0 aliphatic carbocycles. The minimum absolute atomic E-state index is 0.199. The average Bonchev–Trinajstić information content (AvgIpc) is 2.66. The molecule has 1 amide bonds. The molecular weight excluding hydrogens is 334 g/mol. The third-order valence-electron chi connectivity index (χ3n) is 4.46. The predicted molar refractivity (Wildman–Crippen MR) is 97.8 cm³/mol. The topological polar surface area (TPSA) is 84.9 Å². The van der Waals surface area contributed by atoms with E-state index in [1.165, 1.54) is 14.2 Å². The molecule has 2 N–H and O–H groups in total. The number of benzene rings is 2. The van der Waals surface area contributed by atoms with Crippen molar-refractivity contribution >= 4 is 11.9 Å². The zero-order valence-corrected chi connectivity index (χ0v) is 15.3. The van der Waals surface area contributed by atoms with E-state index in [1.807, 2.05) is 0 Å². The fraction of sp³-hybridized carbons (Fsp3) is 0.300. The van der Waals surface area contributed by atoms with Crippen LogP contribution in [0.4, 0.5) is 0 Å². The van der Waals surface area contributed by atoms with Crippen LogP contribution < -0.4 is 14.8 Å². The lowest BCUT2D eigenvalue weighted by molar-refractivity contribution is -0.145. The summed E-state index contributed by atoms with van der Waals surface area (Å²) in [6.07, 6.45) is 0.199. The standard InChI is InChI=1S/C20H23NO5/c1-5-20(19(23)24,14-9-7-6-8-10-14)21-18(22)15-12-17(26-4)16(25-3)11-13(15)2/h6-12H,5H2,1-4H3,(H,21,22)(H,23,24). The normalized spacial score (nSPS) is 12.8. The molecule has 0 aromatic heterocycles. The molecular formula is C20H23NO5. The summed E-state index contributed by atoms with van der Waals surface area (Å²) in [6, 6.07) is 11.9. The number of amides is 1. The number of carboxylic acid groups (broad SMARTS) is 1. The molecule has 0 aliphatic rings. The number of carbonyl (C=O) groups is 2. The van der Waals surface area contributed by atoms with Crippen molar-refractivity contribution in [1.82, 2.24) is 5.32 Å². The molecule has 6 nitrogen and oxygen atoms in total. The van der Waals surface area contributed by atoms with Crippen LogP contribution in [-0.4, -0.2) is 31.2 Å². The maximum absolute atomic E-state index is 12.9. The number of hydrogen-bond acceptors (Lipinski definition) is 4. The lowest BCUT2D eigenvalue weighted by Gasteiger charge is -2.30. The SMILES string of the molecule is CCC(NC(=O)c1cc(OC)c(OC)cc1C)(C(=O)O)c1ccccc1. The van der Waals surface area contributed by atoms with Gasteiger partial charge in [-0.2, -0.15) is 0 Å². The van der Waals surface area contributed by atoms with Crippen molar-refractivity contribution in [3.05, 3.63) is 59.2 Å². The van der Waals surface area contributed by atoms with E-state index in [0.717, 1.165) is 0 Å². The Morgan fingerprint density at radius 3 is 2.15 bits per heavy atom. The molecule has 6 heteroatoms. The van der Waals surface area contributed by atoms with Crippen molar-refractivity contribution in [1.29, 1.82) is 0 Å². The molecule has 2 rings (SSSR count). The molecule has 0 saturated carbocycles. The number of ether oxygens (including phenoxy) is 2. The van der Waals surface area contributed by atoms with Crippen molar-refractivity contribution in [2.45, 2.75) is 25.8 Å². The van der Waals surface area contributed by atoms with E-state index in [-0.39, 0.29) is 6.42 Å². The van der Waals surface area contributed by atoms with Gasteiger partial charge in [0, 0.05) is 5.56 Å². The number of carbonyl (C=O) groups excluding carboxylic acids is 1. The van der Waals surface area contributed by atoms with Crippen molar-refractivity contribution in [3.63, 3.8) is 0 Å². The van der Waals surface area contributed by atoms with Crippen LogP contribution in [0.25, 0.3) is 0 Å². The molecule has 26 heavy (non-hydrogen) atoms. The fourth-order valence-corrected chi connectivity index (χ4v) is 2.90. The van der Waals surface area contributed by atoms with E-state index >= 15 is 0 Å². The van der Waals surface area contributed by atoms with Gasteiger partial charge in [-0.25, -0.2) is 4.79 Å². The molecule has 138 valence electrons. The van der Waals surface area contributed by atoms with Crippen LogP contribution >= 0.6 is 0 Å². The molecule has 2 aromatic rings. The summed E-state index contributed by atoms with van der Waals surface area (Å²) in [6.45, 7) is 3.48. The van der Waals surface area contributed by atoms with E-state index in [0.29, 0.717) is 28.2 Å². The van der Waals surface area contributed by atoms with Gasteiger partial charge >= 0.3 is 5.97 Å². The molecule has 1 unspecified atom stereocenters. The van der Waals surface area contributed by atoms with Crippen molar-refractivity contribution in [2.75, 3.05) is 14.2 Å². The van der Waals surface area contributed by atoms with Gasteiger partial charge in [-0.3, -0.25) is 4.79 Å². The van der Waals surface area contributed by atoms with Gasteiger partial charge in [-0.15, -0.1) is 0 Å². The predicted octanol–water partition coefficient (Wildman–Crippen LogP) is 3.13. The summed E-state index contributed by atoms with van der Waals surface area (Å²) < 4.78 is 10.5. The second kappa shape index (κ2) is 7.91. The van der Waals surface area contributed by atoms with Gasteiger partial charge in [-0.05, 0) is 36.6 Å². The molecule has 1 atom stereocenters. The second-order valence-corrected chi connectivity index (χ2v) is 5.91. The summed E-state index contributed by atoms with van der Waals surface area (Å²) in [7, 11) is 2.99. The van der Waals surface area contributed by atoms with Gasteiger partial charge in [0.15, 0.2) is 17.0 Å². The summed E-state index contributed by atoms with van der Waals surface area (Å²) in [5, 5.41) is 12.6. The summed E-state index contributed by atoms with van der Waals surface area (Å²) in [5.74, 6) is -0.695. The highest BCUT2D eigenvalue weighted by atomic mass is 16.5. The highest BCUT2D eigenvalue weighted by Gasteiger charge is 2.40. The Morgan fingerprint density at radius 1 is 1.08 bits per heavy atom. The van der Waals surface area contributed by atoms with Gasteiger partial charge in [0.05, 0.1) is 14.2 Å². The van der Waals surface area contributed by atoms with Crippen LogP contribution in [0.3, 0.4) is 0 Å². The van der Waals surface area contributed by atoms with Gasteiger partial charge < -0.3 is 19.9 Å². The quantitative estimate of drug-likeness (QED) is 0.795. The van der Waals surface area contributed by atoms with E-state index in [9.17, 15) is 14.7 Å². The Kier molecular flexibility index (Phi) is 5.87. The van der Waals surface area contributed by atoms with E-state index in [2.05, 4.69) is 5.32 Å². The first kappa shape index (κ1) is 19.3. The van der Waals surface area contributed by atoms with Gasteiger partial charge in [0.25, 0.3) is 5.91 Å². The highest BCUT2D eigenvalue weighted by Crippen LogP contribution is 2.31. The lowest BCUT2D eigenvalue weighted by atomic mass is 9.86. The van der Waals surface area contributed by atoms with Gasteiger partial charge in [0.1, 0.15) is 0 Å². The summed E-state index contributed by atoms with van der Waals surface area (Å²) >= 11 is 0. The molecule has 0 spiro atoms. The molecule has 0 fully saturated rings.